The maximum Gasteiger partial charge on any atom is 0.0794 e. The summed E-state index contributed by atoms with van der Waals surface area (Å²) in [7, 11) is 0. The average molecular weight is 242 g/mol. The lowest BCUT2D eigenvalue weighted by molar-refractivity contribution is -0.0140. The summed E-state index contributed by atoms with van der Waals surface area (Å²) >= 11 is 1.70. The van der Waals surface area contributed by atoms with Crippen LogP contribution in [-0.4, -0.2) is 29.8 Å². The fraction of sp³-hybridized carbons (Fsp3) is 0.750. The number of ether oxygens (including phenoxy) is 1. The second-order valence-corrected chi connectivity index (χ2v) is 5.82. The highest BCUT2D eigenvalue weighted by molar-refractivity contribution is 7.09. The molecule has 1 atom stereocenters. The first-order valence-electron chi connectivity index (χ1n) is 5.76. The maximum absolute atomic E-state index is 5.81. The van der Waals surface area contributed by atoms with Crippen LogP contribution in [0.1, 0.15) is 32.6 Å². The standard InChI is InChI=1S/C12H22N2OS/c1-5-14-10(8-15-12(2,3)4)6-11-7-13-9-16-11/h7,9-10,14H,5-6,8H2,1-4H3. The second-order valence-electron chi connectivity index (χ2n) is 4.85. The molecule has 3 nitrogen and oxygen atoms in total. The Morgan fingerprint density at radius 3 is 2.75 bits per heavy atom. The molecule has 1 aromatic heterocycles. The maximum atomic E-state index is 5.81. The molecule has 0 bridgehead atoms. The number of rotatable bonds is 6. The normalized spacial score (nSPS) is 14.0. The van der Waals surface area contributed by atoms with Crippen molar-refractivity contribution in [1.82, 2.24) is 10.3 Å². The van der Waals surface area contributed by atoms with Gasteiger partial charge < -0.3 is 10.1 Å². The van der Waals surface area contributed by atoms with Gasteiger partial charge >= 0.3 is 0 Å². The van der Waals surface area contributed by atoms with E-state index in [1.807, 2.05) is 11.7 Å². The molecule has 0 aromatic carbocycles. The number of hydrogen-bond donors (Lipinski definition) is 1. The molecular weight excluding hydrogens is 220 g/mol. The molecule has 0 aliphatic heterocycles. The van der Waals surface area contributed by atoms with Crippen molar-refractivity contribution in [3.8, 4) is 0 Å². The van der Waals surface area contributed by atoms with Crippen LogP contribution in [0.3, 0.4) is 0 Å². The van der Waals surface area contributed by atoms with Crippen molar-refractivity contribution in [1.29, 1.82) is 0 Å². The Labute approximate surface area is 102 Å². The van der Waals surface area contributed by atoms with Crippen LogP contribution in [0.25, 0.3) is 0 Å². The second kappa shape index (κ2) is 6.33. The molecule has 0 saturated carbocycles. The zero-order chi connectivity index (χ0) is 12.0. The van der Waals surface area contributed by atoms with Crippen LogP contribution in [0.5, 0.6) is 0 Å². The molecular formula is C12H22N2OS. The van der Waals surface area contributed by atoms with Crippen LogP contribution in [0, 0.1) is 0 Å². The number of thiazole rings is 1. The zero-order valence-electron chi connectivity index (χ0n) is 10.6. The lowest BCUT2D eigenvalue weighted by atomic mass is 10.1. The van der Waals surface area contributed by atoms with E-state index < -0.39 is 0 Å². The Hall–Kier alpha value is -0.450. The van der Waals surface area contributed by atoms with Crippen molar-refractivity contribution in [3.05, 3.63) is 16.6 Å². The van der Waals surface area contributed by atoms with Gasteiger partial charge in [0.25, 0.3) is 0 Å². The summed E-state index contributed by atoms with van der Waals surface area (Å²) in [5.74, 6) is 0. The van der Waals surface area contributed by atoms with E-state index in [-0.39, 0.29) is 5.60 Å². The molecule has 1 rings (SSSR count). The smallest absolute Gasteiger partial charge is 0.0794 e. The van der Waals surface area contributed by atoms with E-state index in [0.29, 0.717) is 6.04 Å². The van der Waals surface area contributed by atoms with Gasteiger partial charge in [-0.05, 0) is 27.3 Å². The summed E-state index contributed by atoms with van der Waals surface area (Å²) in [5, 5.41) is 3.45. The van der Waals surface area contributed by atoms with E-state index in [0.717, 1.165) is 19.6 Å². The lowest BCUT2D eigenvalue weighted by Crippen LogP contribution is -2.38. The quantitative estimate of drug-likeness (QED) is 0.832. The summed E-state index contributed by atoms with van der Waals surface area (Å²) in [6, 6.07) is 0.379. The number of likely N-dealkylation sites (N-methyl/N-ethyl adjacent to an activating group) is 1. The third-order valence-corrected chi connectivity index (χ3v) is 2.94. The van der Waals surface area contributed by atoms with Crippen LogP contribution in [-0.2, 0) is 11.2 Å². The highest BCUT2D eigenvalue weighted by Gasteiger charge is 2.15. The van der Waals surface area contributed by atoms with Crippen molar-refractivity contribution in [3.63, 3.8) is 0 Å². The van der Waals surface area contributed by atoms with Crippen LogP contribution in [0.2, 0.25) is 0 Å². The molecule has 0 amide bonds. The molecule has 0 fully saturated rings. The van der Waals surface area contributed by atoms with Crippen LogP contribution in [0.15, 0.2) is 11.7 Å². The minimum absolute atomic E-state index is 0.0681. The molecule has 0 aliphatic rings. The Balaban J connectivity index is 2.41. The number of aromatic nitrogens is 1. The predicted molar refractivity (Wildman–Crippen MR) is 69.0 cm³/mol. The Kier molecular flexibility index (Phi) is 5.38. The molecule has 16 heavy (non-hydrogen) atoms. The Morgan fingerprint density at radius 2 is 2.25 bits per heavy atom. The van der Waals surface area contributed by atoms with Gasteiger partial charge in [0.15, 0.2) is 0 Å². The minimum Gasteiger partial charge on any atom is -0.374 e. The van der Waals surface area contributed by atoms with E-state index in [9.17, 15) is 0 Å². The van der Waals surface area contributed by atoms with E-state index in [2.05, 4.69) is 38.0 Å². The van der Waals surface area contributed by atoms with Gasteiger partial charge in [0.05, 0.1) is 17.7 Å². The van der Waals surface area contributed by atoms with Gasteiger partial charge in [-0.15, -0.1) is 11.3 Å². The van der Waals surface area contributed by atoms with E-state index >= 15 is 0 Å². The molecule has 1 unspecified atom stereocenters. The van der Waals surface area contributed by atoms with Crippen LogP contribution >= 0.6 is 11.3 Å². The first kappa shape index (κ1) is 13.6. The summed E-state index contributed by atoms with van der Waals surface area (Å²) in [6.45, 7) is 10.1. The minimum atomic E-state index is -0.0681. The highest BCUT2D eigenvalue weighted by Crippen LogP contribution is 2.12. The fourth-order valence-corrected chi connectivity index (χ4v) is 2.09. The number of hydrogen-bond acceptors (Lipinski definition) is 4. The summed E-state index contributed by atoms with van der Waals surface area (Å²) in [4.78, 5) is 5.40. The first-order valence-corrected chi connectivity index (χ1v) is 6.64. The third-order valence-electron chi connectivity index (χ3n) is 2.14. The van der Waals surface area contributed by atoms with Crippen LogP contribution in [0.4, 0.5) is 0 Å². The molecule has 4 heteroatoms. The van der Waals surface area contributed by atoms with Gasteiger partial charge in [-0.2, -0.15) is 0 Å². The average Bonchev–Trinajstić information content (AvgIpc) is 2.66. The van der Waals surface area contributed by atoms with Gasteiger partial charge in [0.2, 0.25) is 0 Å². The number of nitrogens with zero attached hydrogens (tertiary/aromatic N) is 1. The van der Waals surface area contributed by atoms with E-state index in [1.165, 1.54) is 4.88 Å². The van der Waals surface area contributed by atoms with Crippen molar-refractivity contribution in [2.24, 2.45) is 0 Å². The van der Waals surface area contributed by atoms with Crippen molar-refractivity contribution >= 4 is 11.3 Å². The zero-order valence-corrected chi connectivity index (χ0v) is 11.4. The highest BCUT2D eigenvalue weighted by atomic mass is 32.1. The topological polar surface area (TPSA) is 34.1 Å². The fourth-order valence-electron chi connectivity index (χ4n) is 1.42. The van der Waals surface area contributed by atoms with Crippen molar-refractivity contribution in [2.75, 3.05) is 13.2 Å². The molecule has 92 valence electrons. The largest absolute Gasteiger partial charge is 0.374 e. The molecule has 0 spiro atoms. The van der Waals surface area contributed by atoms with Crippen molar-refractivity contribution in [2.45, 2.75) is 45.8 Å². The molecule has 1 N–H and O–H groups in total. The number of nitrogens with one attached hydrogen (secondary N) is 1. The van der Waals surface area contributed by atoms with Crippen LogP contribution < -0.4 is 5.32 Å². The van der Waals surface area contributed by atoms with Crippen molar-refractivity contribution < 1.29 is 4.74 Å². The molecule has 0 radical (unpaired) electrons. The van der Waals surface area contributed by atoms with Gasteiger partial charge in [-0.1, -0.05) is 6.92 Å². The molecule has 0 saturated heterocycles. The summed E-state index contributed by atoms with van der Waals surface area (Å²) in [5.41, 5.74) is 1.81. The van der Waals surface area contributed by atoms with E-state index in [1.54, 1.807) is 11.3 Å². The van der Waals surface area contributed by atoms with Gasteiger partial charge in [-0.3, -0.25) is 4.98 Å². The SMILES string of the molecule is CCNC(COC(C)(C)C)Cc1cncs1. The predicted octanol–water partition coefficient (Wildman–Crippen LogP) is 2.48. The van der Waals surface area contributed by atoms with Gasteiger partial charge in [-0.25, -0.2) is 0 Å². The van der Waals surface area contributed by atoms with Gasteiger partial charge in [0, 0.05) is 23.5 Å². The Morgan fingerprint density at radius 1 is 1.50 bits per heavy atom. The molecule has 1 aromatic rings. The summed E-state index contributed by atoms with van der Waals surface area (Å²) in [6.07, 6.45) is 2.93. The lowest BCUT2D eigenvalue weighted by Gasteiger charge is -2.24. The molecule has 0 aliphatic carbocycles. The monoisotopic (exact) mass is 242 g/mol. The van der Waals surface area contributed by atoms with E-state index in [4.69, 9.17) is 4.74 Å². The first-order chi connectivity index (χ1) is 7.51. The third kappa shape index (κ3) is 5.58. The van der Waals surface area contributed by atoms with Gasteiger partial charge in [0.1, 0.15) is 0 Å². The Bertz CT molecular complexity index is 280. The molecule has 1 heterocycles. The summed E-state index contributed by atoms with van der Waals surface area (Å²) < 4.78 is 5.81.